The fourth-order valence-corrected chi connectivity index (χ4v) is 1.25. The van der Waals surface area contributed by atoms with E-state index in [1.165, 1.54) is 0 Å². The average molecular weight is 328 g/mol. The number of nitrogens with two attached hydrogens (primary N) is 2. The Morgan fingerprint density at radius 2 is 1.22 bits per heavy atom. The first-order valence-corrected chi connectivity index (χ1v) is 7.56. The Bertz CT molecular complexity index is 432. The number of esters is 1. The highest BCUT2D eigenvalue weighted by molar-refractivity contribution is 5.88. The molecule has 0 unspecified atom stereocenters. The maximum absolute atomic E-state index is 11.2. The molecule has 0 aromatic heterocycles. The van der Waals surface area contributed by atoms with Crippen molar-refractivity contribution in [3.8, 4) is 0 Å². The zero-order valence-corrected chi connectivity index (χ0v) is 15.2. The molecule has 0 spiro atoms. The fraction of sp³-hybridized carbons (Fsp3) is 0.750. The van der Waals surface area contributed by atoms with Gasteiger partial charge >= 0.3 is 5.97 Å². The number of hydrogen-bond donors (Lipinski definition) is 4. The van der Waals surface area contributed by atoms with Crippen LogP contribution in [0.2, 0.25) is 0 Å². The minimum Gasteiger partial charge on any atom is -0.460 e. The van der Waals surface area contributed by atoms with E-state index in [0.29, 0.717) is 12.8 Å². The summed E-state index contributed by atoms with van der Waals surface area (Å²) in [7, 11) is 0. The third kappa shape index (κ3) is 18.0. The summed E-state index contributed by atoms with van der Waals surface area (Å²) in [4.78, 5) is 22.2. The molecule has 0 aliphatic heterocycles. The van der Waals surface area contributed by atoms with Gasteiger partial charge in [-0.2, -0.15) is 0 Å². The number of hydrogen-bond acceptors (Lipinski definition) is 5. The normalized spacial score (nSPS) is 11.0. The maximum atomic E-state index is 11.2. The molecule has 0 bridgehead atoms. The Hall–Kier alpha value is -1.92. The first-order chi connectivity index (χ1) is 10.1. The number of rotatable bonds is 6. The van der Waals surface area contributed by atoms with Gasteiger partial charge in [-0.15, -0.1) is 0 Å². The summed E-state index contributed by atoms with van der Waals surface area (Å²) in [6.45, 7) is 11.0. The zero-order chi connectivity index (χ0) is 18.8. The van der Waals surface area contributed by atoms with Crippen LogP contribution in [0.3, 0.4) is 0 Å². The topological polar surface area (TPSA) is 143 Å². The van der Waals surface area contributed by atoms with Gasteiger partial charge in [0.2, 0.25) is 0 Å². The van der Waals surface area contributed by atoms with E-state index >= 15 is 0 Å². The van der Waals surface area contributed by atoms with Crippen molar-refractivity contribution in [1.82, 2.24) is 0 Å². The van der Waals surface area contributed by atoms with Crippen LogP contribution in [0.15, 0.2) is 0 Å². The van der Waals surface area contributed by atoms with Gasteiger partial charge in [0.15, 0.2) is 0 Å². The van der Waals surface area contributed by atoms with E-state index in [0.717, 1.165) is 0 Å². The van der Waals surface area contributed by atoms with Crippen LogP contribution in [0.4, 0.5) is 0 Å². The quantitative estimate of drug-likeness (QED) is 0.336. The molecule has 0 amide bonds. The van der Waals surface area contributed by atoms with Crippen molar-refractivity contribution < 1.29 is 14.3 Å². The van der Waals surface area contributed by atoms with Crippen LogP contribution in [0.1, 0.15) is 67.2 Å². The van der Waals surface area contributed by atoms with E-state index < -0.39 is 5.60 Å². The summed E-state index contributed by atoms with van der Waals surface area (Å²) in [5, 5.41) is 13.8. The standard InChI is InChI=1S/C8H16N2O2.C8H16N2O/c1-8(2,3)12-7(11)5-4-6(9)10;1-8(2,3)6(11)4-5-7(9)10/h4-5H2,1-3H3,(H3,9,10);4-5H2,1-3H3,(H3,9,10). The summed E-state index contributed by atoms with van der Waals surface area (Å²) in [6.07, 6.45) is 1.23. The highest BCUT2D eigenvalue weighted by Gasteiger charge is 2.20. The summed E-state index contributed by atoms with van der Waals surface area (Å²) in [6, 6.07) is 0. The predicted octanol–water partition coefficient (Wildman–Crippen LogP) is 2.36. The lowest BCUT2D eigenvalue weighted by atomic mass is 9.88. The van der Waals surface area contributed by atoms with Crippen molar-refractivity contribution >= 4 is 23.4 Å². The first-order valence-electron chi connectivity index (χ1n) is 7.56. The number of Topliss-reactive ketones (excluding diaryl/α,β-unsaturated/α-hetero) is 1. The molecule has 7 nitrogen and oxygen atoms in total. The lowest BCUT2D eigenvalue weighted by molar-refractivity contribution is -0.154. The monoisotopic (exact) mass is 328 g/mol. The van der Waals surface area contributed by atoms with Crippen LogP contribution in [0.25, 0.3) is 0 Å². The Morgan fingerprint density at radius 1 is 0.826 bits per heavy atom. The van der Waals surface area contributed by atoms with Gasteiger partial charge in [0.05, 0.1) is 18.1 Å². The summed E-state index contributed by atoms with van der Waals surface area (Å²) >= 11 is 0. The molecule has 0 rings (SSSR count). The number of ketones is 1. The lowest BCUT2D eigenvalue weighted by Gasteiger charge is -2.19. The second kappa shape index (κ2) is 9.97. The molecule has 0 saturated carbocycles. The summed E-state index contributed by atoms with van der Waals surface area (Å²) in [5.74, 6) is -0.0474. The SMILES string of the molecule is CC(C)(C)C(=O)CCC(=N)N.CC(C)(C)OC(=O)CCC(=N)N. The molecule has 23 heavy (non-hydrogen) atoms. The van der Waals surface area contributed by atoms with Crippen molar-refractivity contribution in [3.05, 3.63) is 0 Å². The van der Waals surface area contributed by atoms with Gasteiger partial charge in [-0.1, -0.05) is 20.8 Å². The molecular formula is C16H32N4O3. The highest BCUT2D eigenvalue weighted by Crippen LogP contribution is 2.17. The number of carbonyl (C=O) groups is 2. The van der Waals surface area contributed by atoms with Crippen molar-refractivity contribution in [2.45, 2.75) is 72.8 Å². The fourth-order valence-electron chi connectivity index (χ4n) is 1.25. The van der Waals surface area contributed by atoms with Gasteiger partial charge in [-0.3, -0.25) is 20.4 Å². The zero-order valence-electron chi connectivity index (χ0n) is 15.2. The number of ether oxygens (including phenoxy) is 1. The molecule has 0 aliphatic carbocycles. The van der Waals surface area contributed by atoms with Gasteiger partial charge in [0, 0.05) is 24.7 Å². The minimum absolute atomic E-state index is 0.0147. The Kier molecular flexibility index (Phi) is 10.1. The maximum Gasteiger partial charge on any atom is 0.306 e. The molecule has 0 aliphatic rings. The largest absolute Gasteiger partial charge is 0.460 e. The van der Waals surface area contributed by atoms with Crippen molar-refractivity contribution in [2.24, 2.45) is 16.9 Å². The molecule has 0 atom stereocenters. The third-order valence-electron chi connectivity index (χ3n) is 2.48. The number of amidine groups is 2. The van der Waals surface area contributed by atoms with Crippen LogP contribution in [0.5, 0.6) is 0 Å². The Morgan fingerprint density at radius 3 is 1.52 bits per heavy atom. The van der Waals surface area contributed by atoms with Crippen LogP contribution in [0, 0.1) is 16.2 Å². The Labute approximate surface area is 139 Å². The molecule has 0 aromatic rings. The molecule has 7 heteroatoms. The molecule has 0 fully saturated rings. The van der Waals surface area contributed by atoms with Crippen molar-refractivity contribution in [1.29, 1.82) is 10.8 Å². The average Bonchev–Trinajstić information content (AvgIpc) is 2.30. The molecule has 0 heterocycles. The van der Waals surface area contributed by atoms with Gasteiger partial charge in [-0.25, -0.2) is 0 Å². The van der Waals surface area contributed by atoms with Crippen molar-refractivity contribution in [3.63, 3.8) is 0 Å². The smallest absolute Gasteiger partial charge is 0.306 e. The summed E-state index contributed by atoms with van der Waals surface area (Å²) in [5.41, 5.74) is 9.45. The van der Waals surface area contributed by atoms with Crippen LogP contribution >= 0.6 is 0 Å². The molecule has 134 valence electrons. The van der Waals surface area contributed by atoms with E-state index in [9.17, 15) is 9.59 Å². The Balaban J connectivity index is 0. The van der Waals surface area contributed by atoms with E-state index in [4.69, 9.17) is 27.0 Å². The van der Waals surface area contributed by atoms with Crippen molar-refractivity contribution in [2.75, 3.05) is 0 Å². The van der Waals surface area contributed by atoms with Crippen LogP contribution in [-0.2, 0) is 14.3 Å². The van der Waals surface area contributed by atoms with E-state index in [-0.39, 0.29) is 41.7 Å². The molecule has 0 radical (unpaired) electrons. The van der Waals surface area contributed by atoms with Gasteiger partial charge in [-0.05, 0) is 20.8 Å². The number of nitrogens with one attached hydrogen (secondary N) is 2. The second-order valence-electron chi connectivity index (χ2n) is 7.31. The predicted molar refractivity (Wildman–Crippen MR) is 92.6 cm³/mol. The molecular weight excluding hydrogens is 296 g/mol. The summed E-state index contributed by atoms with van der Waals surface area (Å²) < 4.78 is 5.00. The van der Waals surface area contributed by atoms with Crippen LogP contribution in [-0.4, -0.2) is 29.0 Å². The highest BCUT2D eigenvalue weighted by atomic mass is 16.6. The third-order valence-corrected chi connectivity index (χ3v) is 2.48. The van der Waals surface area contributed by atoms with E-state index in [2.05, 4.69) is 0 Å². The molecule has 0 aromatic carbocycles. The van der Waals surface area contributed by atoms with E-state index in [1.807, 2.05) is 20.8 Å². The van der Waals surface area contributed by atoms with E-state index in [1.54, 1.807) is 20.8 Å². The van der Waals surface area contributed by atoms with Gasteiger partial charge < -0.3 is 16.2 Å². The van der Waals surface area contributed by atoms with Gasteiger partial charge in [0.1, 0.15) is 11.4 Å². The lowest BCUT2D eigenvalue weighted by Crippen LogP contribution is -2.24. The molecule has 0 saturated heterocycles. The van der Waals surface area contributed by atoms with Crippen LogP contribution < -0.4 is 11.5 Å². The minimum atomic E-state index is -0.451. The molecule has 6 N–H and O–H groups in total. The van der Waals surface area contributed by atoms with Gasteiger partial charge in [0.25, 0.3) is 0 Å². The number of carbonyl (C=O) groups excluding carboxylic acids is 2. The second-order valence-corrected chi connectivity index (χ2v) is 7.31. The first kappa shape index (κ1) is 23.3.